The molecular formula is C3Cl6O4S3. The second-order valence-electron chi connectivity index (χ2n) is 2.50. The molecule has 1 fully saturated rings. The van der Waals surface area contributed by atoms with E-state index in [1.807, 2.05) is 0 Å². The SMILES string of the molecule is O=S1(=O)C(Cl)(Cl)SC(Cl)(Cl)S(=O)(=O)C1(Cl)Cl. The van der Waals surface area contributed by atoms with Crippen molar-refractivity contribution in [3.8, 4) is 0 Å². The van der Waals surface area contributed by atoms with Gasteiger partial charge in [0.15, 0.2) is 0 Å². The van der Waals surface area contributed by atoms with Gasteiger partial charge < -0.3 is 0 Å². The maximum Gasteiger partial charge on any atom is 0.326 e. The largest absolute Gasteiger partial charge is 0.326 e. The number of sulfone groups is 2. The summed E-state index contributed by atoms with van der Waals surface area (Å²) in [4.78, 5) is 0. The highest BCUT2D eigenvalue weighted by molar-refractivity contribution is 8.37. The van der Waals surface area contributed by atoms with Gasteiger partial charge in [0.05, 0.1) is 0 Å². The first-order chi connectivity index (χ1) is 6.71. The van der Waals surface area contributed by atoms with E-state index in [0.29, 0.717) is 0 Å². The molecule has 0 radical (unpaired) electrons. The van der Waals surface area contributed by atoms with Crippen molar-refractivity contribution in [3.05, 3.63) is 0 Å². The standard InChI is InChI=1S/C3Cl6O4S3/c4-1(5)14-2(6,7)16(12,13)3(8,9)15(1,10)11. The molecule has 0 unspecified atom stereocenters. The van der Waals surface area contributed by atoms with E-state index < -0.39 is 28.7 Å². The fourth-order valence-corrected chi connectivity index (χ4v) is 13.5. The summed E-state index contributed by atoms with van der Waals surface area (Å²) in [6.07, 6.45) is 0. The van der Waals surface area contributed by atoms with Gasteiger partial charge in [-0.25, -0.2) is 16.8 Å². The first-order valence-corrected chi connectivity index (χ1v) is 9.08. The molecular weight excluding hydrogens is 409 g/mol. The molecule has 1 aliphatic rings. The molecule has 0 N–H and O–H groups in total. The van der Waals surface area contributed by atoms with E-state index in [2.05, 4.69) is 0 Å². The minimum Gasteiger partial charge on any atom is -0.220 e. The molecule has 1 rings (SSSR count). The number of hydrogen-bond donors (Lipinski definition) is 0. The molecule has 1 heterocycles. The van der Waals surface area contributed by atoms with Gasteiger partial charge in [-0.05, 0) is 0 Å². The predicted octanol–water partition coefficient (Wildman–Crippen LogP) is 2.83. The molecule has 1 saturated heterocycles. The van der Waals surface area contributed by atoms with Gasteiger partial charge in [0.2, 0.25) is 19.7 Å². The molecule has 0 aromatic heterocycles. The minimum absolute atomic E-state index is 0.121. The van der Waals surface area contributed by atoms with E-state index in [4.69, 9.17) is 69.6 Å². The van der Waals surface area contributed by atoms with Gasteiger partial charge >= 0.3 is 3.00 Å². The summed E-state index contributed by atoms with van der Waals surface area (Å²) < 4.78 is 37.8. The van der Waals surface area contributed by atoms with Crippen LogP contribution >= 0.6 is 81.4 Å². The molecule has 13 heteroatoms. The summed E-state index contributed by atoms with van der Waals surface area (Å²) >= 11 is 32.0. The van der Waals surface area contributed by atoms with Crippen LogP contribution in [0.5, 0.6) is 0 Å². The van der Waals surface area contributed by atoms with Crippen LogP contribution in [-0.4, -0.2) is 25.8 Å². The van der Waals surface area contributed by atoms with Gasteiger partial charge in [0.1, 0.15) is 0 Å². The van der Waals surface area contributed by atoms with Gasteiger partial charge in [-0.2, -0.15) is 0 Å². The molecule has 0 aromatic carbocycles. The monoisotopic (exact) mass is 406 g/mol. The summed E-state index contributed by atoms with van der Waals surface area (Å²) in [5.41, 5.74) is 0. The van der Waals surface area contributed by atoms with Crippen molar-refractivity contribution in [3.63, 3.8) is 0 Å². The molecule has 96 valence electrons. The number of thioether (sulfide) groups is 1. The molecule has 0 saturated carbocycles. The predicted molar refractivity (Wildman–Crippen MR) is 68.7 cm³/mol. The smallest absolute Gasteiger partial charge is 0.220 e. The first-order valence-electron chi connectivity index (χ1n) is 3.03. The number of halogens is 6. The highest BCUT2D eigenvalue weighted by Crippen LogP contribution is 2.65. The van der Waals surface area contributed by atoms with Crippen molar-refractivity contribution in [2.75, 3.05) is 0 Å². The number of hydrogen-bond acceptors (Lipinski definition) is 5. The molecule has 4 nitrogen and oxygen atoms in total. The van der Waals surface area contributed by atoms with Crippen LogP contribution in [0.4, 0.5) is 0 Å². The van der Waals surface area contributed by atoms with Crippen LogP contribution in [0.15, 0.2) is 0 Å². The normalized spacial score (nSPS) is 33.1. The van der Waals surface area contributed by atoms with Crippen molar-refractivity contribution in [2.45, 2.75) is 8.99 Å². The minimum atomic E-state index is -4.85. The molecule has 16 heavy (non-hydrogen) atoms. The zero-order valence-electron chi connectivity index (χ0n) is 6.63. The molecule has 1 aliphatic heterocycles. The van der Waals surface area contributed by atoms with E-state index in [9.17, 15) is 16.8 Å². The molecule has 0 aromatic rings. The average Bonchev–Trinajstić information content (AvgIpc) is 1.98. The van der Waals surface area contributed by atoms with Crippen LogP contribution in [0.25, 0.3) is 0 Å². The zero-order valence-corrected chi connectivity index (χ0v) is 13.6. The van der Waals surface area contributed by atoms with Gasteiger partial charge in [0.25, 0.3) is 5.99 Å². The van der Waals surface area contributed by atoms with Crippen molar-refractivity contribution < 1.29 is 16.8 Å². The Labute approximate surface area is 126 Å². The molecule has 0 spiro atoms. The number of rotatable bonds is 0. The average molecular weight is 409 g/mol. The van der Waals surface area contributed by atoms with Crippen molar-refractivity contribution in [2.24, 2.45) is 0 Å². The lowest BCUT2D eigenvalue weighted by Crippen LogP contribution is -2.54. The second kappa shape index (κ2) is 3.99. The van der Waals surface area contributed by atoms with E-state index in [1.54, 1.807) is 0 Å². The van der Waals surface area contributed by atoms with Crippen molar-refractivity contribution in [1.82, 2.24) is 0 Å². The topological polar surface area (TPSA) is 68.3 Å². The third kappa shape index (κ3) is 1.86. The van der Waals surface area contributed by atoms with Gasteiger partial charge in [-0.15, -0.1) is 0 Å². The maximum atomic E-state index is 11.6. The molecule has 0 atom stereocenters. The molecule has 0 amide bonds. The van der Waals surface area contributed by atoms with Gasteiger partial charge in [-0.1, -0.05) is 81.4 Å². The summed E-state index contributed by atoms with van der Waals surface area (Å²) in [6, 6.07) is 0. The number of alkyl halides is 6. The fraction of sp³-hybridized carbons (Fsp3) is 1.00. The van der Waals surface area contributed by atoms with Crippen LogP contribution in [-0.2, 0) is 19.7 Å². The van der Waals surface area contributed by atoms with Gasteiger partial charge in [0, 0.05) is 0 Å². The second-order valence-corrected chi connectivity index (χ2v) is 15.8. The Bertz CT molecular complexity index is 471. The van der Waals surface area contributed by atoms with Crippen molar-refractivity contribution >= 4 is 101 Å². The highest BCUT2D eigenvalue weighted by Gasteiger charge is 2.74. The Kier molecular flexibility index (Phi) is 4.00. The first kappa shape index (κ1) is 16.0. The summed E-state index contributed by atoms with van der Waals surface area (Å²) in [5.74, 6) is 0. The maximum absolute atomic E-state index is 11.6. The van der Waals surface area contributed by atoms with Crippen LogP contribution in [0.1, 0.15) is 0 Å². The third-order valence-corrected chi connectivity index (χ3v) is 13.4. The van der Waals surface area contributed by atoms with Crippen LogP contribution < -0.4 is 0 Å². The van der Waals surface area contributed by atoms with E-state index in [1.165, 1.54) is 0 Å². The quantitative estimate of drug-likeness (QED) is 0.576. The van der Waals surface area contributed by atoms with Crippen molar-refractivity contribution in [1.29, 1.82) is 0 Å². The summed E-state index contributed by atoms with van der Waals surface area (Å²) in [5, 5.41) is 0. The lowest BCUT2D eigenvalue weighted by Gasteiger charge is -2.38. The summed E-state index contributed by atoms with van der Waals surface area (Å²) in [7, 11) is -9.70. The van der Waals surface area contributed by atoms with Crippen LogP contribution in [0.3, 0.4) is 0 Å². The third-order valence-electron chi connectivity index (χ3n) is 1.49. The highest BCUT2D eigenvalue weighted by atomic mass is 35.5. The van der Waals surface area contributed by atoms with Crippen LogP contribution in [0.2, 0.25) is 0 Å². The summed E-state index contributed by atoms with van der Waals surface area (Å²) in [6.45, 7) is 0. The Hall–Kier alpha value is 1.99. The Morgan fingerprint density at radius 2 is 0.938 bits per heavy atom. The lowest BCUT2D eigenvalue weighted by atomic mass is 11.7. The van der Waals surface area contributed by atoms with E-state index >= 15 is 0 Å². The Balaban J connectivity index is 3.70. The lowest BCUT2D eigenvalue weighted by molar-refractivity contribution is 0.580. The Morgan fingerprint density at radius 1 is 0.688 bits per heavy atom. The zero-order chi connectivity index (χ0) is 13.2. The molecule has 0 aliphatic carbocycles. The molecule has 0 bridgehead atoms. The van der Waals surface area contributed by atoms with Gasteiger partial charge in [-0.3, -0.25) is 0 Å². The Morgan fingerprint density at radius 3 is 1.19 bits per heavy atom. The van der Waals surface area contributed by atoms with Crippen LogP contribution in [0, 0.1) is 0 Å². The van der Waals surface area contributed by atoms with E-state index in [0.717, 1.165) is 0 Å². The fourth-order valence-electron chi connectivity index (χ4n) is 0.669. The van der Waals surface area contributed by atoms with E-state index in [-0.39, 0.29) is 11.8 Å².